The number of amides is 2. The lowest BCUT2D eigenvalue weighted by atomic mass is 9.98. The van der Waals surface area contributed by atoms with E-state index in [4.69, 9.17) is 4.74 Å². The number of aryl methyl sites for hydroxylation is 1. The number of nitrogens with one attached hydrogen (secondary N) is 2. The molecule has 1 atom stereocenters. The number of ether oxygens (including phenoxy) is 1. The van der Waals surface area contributed by atoms with Crippen LogP contribution in [0.5, 0.6) is 5.75 Å². The molecule has 1 unspecified atom stereocenters. The Labute approximate surface area is 170 Å². The third kappa shape index (κ3) is 5.94. The van der Waals surface area contributed by atoms with Crippen LogP contribution in [0.2, 0.25) is 0 Å². The maximum absolute atomic E-state index is 12.6. The minimum absolute atomic E-state index is 0.103. The van der Waals surface area contributed by atoms with Crippen LogP contribution in [0.4, 0.5) is 5.69 Å². The second-order valence-electron chi connectivity index (χ2n) is 6.82. The molecule has 3 aromatic rings. The molecule has 3 rings (SSSR count). The number of anilines is 1. The van der Waals surface area contributed by atoms with Crippen molar-refractivity contribution in [3.05, 3.63) is 95.6 Å². The van der Waals surface area contributed by atoms with Gasteiger partial charge < -0.3 is 15.4 Å². The molecule has 0 saturated heterocycles. The van der Waals surface area contributed by atoms with Gasteiger partial charge in [0.15, 0.2) is 6.61 Å². The summed E-state index contributed by atoms with van der Waals surface area (Å²) >= 11 is 0. The molecule has 5 nitrogen and oxygen atoms in total. The van der Waals surface area contributed by atoms with E-state index in [-0.39, 0.29) is 24.5 Å². The van der Waals surface area contributed by atoms with Gasteiger partial charge in [-0.05, 0) is 42.3 Å². The third-order valence-corrected chi connectivity index (χ3v) is 4.39. The lowest BCUT2D eigenvalue weighted by Gasteiger charge is -2.20. The van der Waals surface area contributed by atoms with E-state index in [1.165, 1.54) is 6.92 Å². The minimum Gasteiger partial charge on any atom is -0.484 e. The fraction of sp³-hybridized carbons (Fsp3) is 0.167. The quantitative estimate of drug-likeness (QED) is 0.636. The Morgan fingerprint density at radius 3 is 2.10 bits per heavy atom. The first-order valence-electron chi connectivity index (χ1n) is 9.42. The Morgan fingerprint density at radius 2 is 1.48 bits per heavy atom. The van der Waals surface area contributed by atoms with Crippen LogP contribution in [0.1, 0.15) is 29.7 Å². The summed E-state index contributed by atoms with van der Waals surface area (Å²) in [7, 11) is 0. The summed E-state index contributed by atoms with van der Waals surface area (Å²) < 4.78 is 5.59. The Balaban J connectivity index is 1.65. The number of benzene rings is 3. The molecule has 2 N–H and O–H groups in total. The van der Waals surface area contributed by atoms with Gasteiger partial charge in [0.25, 0.3) is 5.91 Å². The molecule has 0 bridgehead atoms. The van der Waals surface area contributed by atoms with Crippen LogP contribution in [0.3, 0.4) is 0 Å². The van der Waals surface area contributed by atoms with Crippen molar-refractivity contribution in [2.75, 3.05) is 11.9 Å². The third-order valence-electron chi connectivity index (χ3n) is 4.39. The lowest BCUT2D eigenvalue weighted by Crippen LogP contribution is -2.33. The van der Waals surface area contributed by atoms with E-state index in [1.54, 1.807) is 24.3 Å². The van der Waals surface area contributed by atoms with Crippen LogP contribution < -0.4 is 15.4 Å². The summed E-state index contributed by atoms with van der Waals surface area (Å²) in [4.78, 5) is 23.6. The van der Waals surface area contributed by atoms with Crippen LogP contribution in [-0.4, -0.2) is 18.4 Å². The Hall–Kier alpha value is -3.60. The Kier molecular flexibility index (Phi) is 6.63. The van der Waals surface area contributed by atoms with Gasteiger partial charge in [0, 0.05) is 12.6 Å². The van der Waals surface area contributed by atoms with E-state index in [9.17, 15) is 9.59 Å². The molecule has 0 aromatic heterocycles. The zero-order valence-corrected chi connectivity index (χ0v) is 16.5. The molecule has 0 radical (unpaired) electrons. The van der Waals surface area contributed by atoms with E-state index in [0.717, 1.165) is 16.7 Å². The smallest absolute Gasteiger partial charge is 0.258 e. The molecule has 0 aliphatic heterocycles. The number of carbonyl (C=O) groups excluding carboxylic acids is 2. The molecule has 2 amide bonds. The van der Waals surface area contributed by atoms with Gasteiger partial charge in [0.2, 0.25) is 5.91 Å². The first-order valence-corrected chi connectivity index (χ1v) is 9.42. The van der Waals surface area contributed by atoms with Crippen molar-refractivity contribution in [3.63, 3.8) is 0 Å². The molecule has 29 heavy (non-hydrogen) atoms. The van der Waals surface area contributed by atoms with Crippen molar-refractivity contribution in [2.24, 2.45) is 0 Å². The van der Waals surface area contributed by atoms with E-state index >= 15 is 0 Å². The highest BCUT2D eigenvalue weighted by atomic mass is 16.5. The van der Waals surface area contributed by atoms with Crippen LogP contribution in [-0.2, 0) is 9.59 Å². The molecule has 148 valence electrons. The van der Waals surface area contributed by atoms with Crippen LogP contribution in [0.25, 0.3) is 0 Å². The van der Waals surface area contributed by atoms with Gasteiger partial charge in [-0.25, -0.2) is 0 Å². The van der Waals surface area contributed by atoms with Crippen LogP contribution in [0.15, 0.2) is 78.9 Å². The van der Waals surface area contributed by atoms with Gasteiger partial charge in [-0.15, -0.1) is 0 Å². The summed E-state index contributed by atoms with van der Waals surface area (Å²) in [6.45, 7) is 3.38. The molecular formula is C24H24N2O3. The fourth-order valence-corrected chi connectivity index (χ4v) is 2.95. The molecular weight excluding hydrogens is 364 g/mol. The normalized spacial score (nSPS) is 11.4. The zero-order valence-electron chi connectivity index (χ0n) is 16.5. The first-order chi connectivity index (χ1) is 14.0. The van der Waals surface area contributed by atoms with Crippen molar-refractivity contribution in [2.45, 2.75) is 19.9 Å². The van der Waals surface area contributed by atoms with Gasteiger partial charge in [0.05, 0.1) is 6.04 Å². The summed E-state index contributed by atoms with van der Waals surface area (Å²) in [5.74, 6) is 0.201. The van der Waals surface area contributed by atoms with Gasteiger partial charge >= 0.3 is 0 Å². The Morgan fingerprint density at radius 1 is 0.862 bits per heavy atom. The summed E-state index contributed by atoms with van der Waals surface area (Å²) in [5, 5.41) is 5.75. The average molecular weight is 388 g/mol. The predicted molar refractivity (Wildman–Crippen MR) is 114 cm³/mol. The Bertz CT molecular complexity index is 952. The number of rotatable bonds is 7. The van der Waals surface area contributed by atoms with E-state index in [1.807, 2.05) is 61.5 Å². The van der Waals surface area contributed by atoms with Gasteiger partial charge in [-0.2, -0.15) is 0 Å². The molecule has 5 heteroatoms. The van der Waals surface area contributed by atoms with Crippen molar-refractivity contribution in [1.82, 2.24) is 5.32 Å². The molecule has 0 spiro atoms. The molecule has 3 aromatic carbocycles. The summed E-state index contributed by atoms with van der Waals surface area (Å²) in [5.41, 5.74) is 3.86. The van der Waals surface area contributed by atoms with Crippen molar-refractivity contribution in [3.8, 4) is 5.75 Å². The largest absolute Gasteiger partial charge is 0.484 e. The number of carbonyl (C=O) groups is 2. The standard InChI is InChI=1S/C24H24N2O3/c1-17-8-10-20(11-9-17)24(19-6-4-3-5-7-19)26-23(28)16-29-22-14-12-21(13-15-22)25-18(2)27/h3-15,24H,16H2,1-2H3,(H,25,27)(H,26,28). The zero-order chi connectivity index (χ0) is 20.6. The fourth-order valence-electron chi connectivity index (χ4n) is 2.95. The first kappa shape index (κ1) is 20.1. The highest BCUT2D eigenvalue weighted by Crippen LogP contribution is 2.22. The molecule has 0 fully saturated rings. The van der Waals surface area contributed by atoms with E-state index in [0.29, 0.717) is 11.4 Å². The minimum atomic E-state index is -0.255. The molecule has 0 aliphatic carbocycles. The maximum atomic E-state index is 12.6. The lowest BCUT2D eigenvalue weighted by molar-refractivity contribution is -0.123. The van der Waals surface area contributed by atoms with Crippen molar-refractivity contribution >= 4 is 17.5 Å². The van der Waals surface area contributed by atoms with Crippen LogP contribution >= 0.6 is 0 Å². The number of hydrogen-bond donors (Lipinski definition) is 2. The monoisotopic (exact) mass is 388 g/mol. The molecule has 0 aliphatic rings. The number of hydrogen-bond acceptors (Lipinski definition) is 3. The predicted octanol–water partition coefficient (Wildman–Crippen LogP) is 4.24. The second kappa shape index (κ2) is 9.55. The topological polar surface area (TPSA) is 67.4 Å². The molecule has 0 saturated carbocycles. The second-order valence-corrected chi connectivity index (χ2v) is 6.82. The SMILES string of the molecule is CC(=O)Nc1ccc(OCC(=O)NC(c2ccccc2)c2ccc(C)cc2)cc1. The van der Waals surface area contributed by atoms with Crippen molar-refractivity contribution in [1.29, 1.82) is 0 Å². The van der Waals surface area contributed by atoms with Crippen molar-refractivity contribution < 1.29 is 14.3 Å². The highest BCUT2D eigenvalue weighted by molar-refractivity contribution is 5.88. The summed E-state index contributed by atoms with van der Waals surface area (Å²) in [6.07, 6.45) is 0. The highest BCUT2D eigenvalue weighted by Gasteiger charge is 2.17. The average Bonchev–Trinajstić information content (AvgIpc) is 2.72. The van der Waals surface area contributed by atoms with E-state index in [2.05, 4.69) is 10.6 Å². The summed E-state index contributed by atoms with van der Waals surface area (Å²) in [6, 6.07) is 24.6. The van der Waals surface area contributed by atoms with Crippen LogP contribution in [0, 0.1) is 6.92 Å². The maximum Gasteiger partial charge on any atom is 0.258 e. The molecule has 0 heterocycles. The van der Waals surface area contributed by atoms with E-state index < -0.39 is 0 Å². The van der Waals surface area contributed by atoms with Gasteiger partial charge in [-0.3, -0.25) is 9.59 Å². The van der Waals surface area contributed by atoms with Gasteiger partial charge in [0.1, 0.15) is 5.75 Å². The van der Waals surface area contributed by atoms with Gasteiger partial charge in [-0.1, -0.05) is 60.2 Å².